The van der Waals surface area contributed by atoms with Crippen molar-refractivity contribution >= 4 is 18.3 Å². The van der Waals surface area contributed by atoms with Crippen LogP contribution in [-0.2, 0) is 14.3 Å². The molecule has 2 aliphatic rings. The van der Waals surface area contributed by atoms with Gasteiger partial charge in [-0.1, -0.05) is 13.8 Å². The van der Waals surface area contributed by atoms with Crippen molar-refractivity contribution in [2.75, 3.05) is 32.9 Å². The average Bonchev–Trinajstić information content (AvgIpc) is 2.53. The summed E-state index contributed by atoms with van der Waals surface area (Å²) in [6.45, 7) is 7.57. The van der Waals surface area contributed by atoms with Gasteiger partial charge in [-0.25, -0.2) is 0 Å². The van der Waals surface area contributed by atoms with Crippen molar-refractivity contribution in [2.45, 2.75) is 45.6 Å². The van der Waals surface area contributed by atoms with Gasteiger partial charge >= 0.3 is 0 Å². The summed E-state index contributed by atoms with van der Waals surface area (Å²) in [6.07, 6.45) is 3.91. The van der Waals surface area contributed by atoms with Gasteiger partial charge in [-0.2, -0.15) is 0 Å². The highest BCUT2D eigenvalue weighted by molar-refractivity contribution is 5.85. The number of halogens is 1. The molecule has 0 aromatic carbocycles. The molecule has 5 nitrogen and oxygen atoms in total. The van der Waals surface area contributed by atoms with Gasteiger partial charge in [0, 0.05) is 38.8 Å². The van der Waals surface area contributed by atoms with E-state index in [1.807, 2.05) is 0 Å². The third-order valence-corrected chi connectivity index (χ3v) is 5.00. The number of nitrogens with two attached hydrogens (primary N) is 1. The molecule has 0 saturated carbocycles. The summed E-state index contributed by atoms with van der Waals surface area (Å²) in [7, 11) is 0. The Balaban J connectivity index is 0.00000242. The largest absolute Gasteiger partial charge is 0.381 e. The summed E-state index contributed by atoms with van der Waals surface area (Å²) in [5.74, 6) is 0.998. The second kappa shape index (κ2) is 9.06. The number of nitrogens with one attached hydrogen (secondary N) is 1. The van der Waals surface area contributed by atoms with Crippen LogP contribution in [0.15, 0.2) is 0 Å². The molecule has 2 saturated heterocycles. The molecule has 3 N–H and O–H groups in total. The van der Waals surface area contributed by atoms with Gasteiger partial charge in [0.15, 0.2) is 0 Å². The lowest BCUT2D eigenvalue weighted by Gasteiger charge is -2.37. The van der Waals surface area contributed by atoms with Crippen LogP contribution < -0.4 is 11.1 Å². The number of hydrogen-bond acceptors (Lipinski definition) is 4. The predicted molar refractivity (Wildman–Crippen MR) is 89.1 cm³/mol. The van der Waals surface area contributed by atoms with Gasteiger partial charge in [0.1, 0.15) is 0 Å². The van der Waals surface area contributed by atoms with Crippen LogP contribution in [0.2, 0.25) is 0 Å². The molecule has 6 heteroatoms. The Morgan fingerprint density at radius 2 is 2.00 bits per heavy atom. The molecule has 0 spiro atoms. The van der Waals surface area contributed by atoms with Crippen LogP contribution >= 0.6 is 12.4 Å². The van der Waals surface area contributed by atoms with Crippen LogP contribution in [-0.4, -0.2) is 44.9 Å². The molecule has 2 atom stereocenters. The van der Waals surface area contributed by atoms with Crippen LogP contribution in [0.4, 0.5) is 0 Å². The smallest absolute Gasteiger partial charge is 0.227 e. The highest BCUT2D eigenvalue weighted by atomic mass is 35.5. The summed E-state index contributed by atoms with van der Waals surface area (Å²) >= 11 is 0. The highest BCUT2D eigenvalue weighted by Gasteiger charge is 2.39. The fraction of sp³-hybridized carbons (Fsp3) is 0.938. The third-order valence-electron chi connectivity index (χ3n) is 5.00. The molecule has 0 aromatic rings. The lowest BCUT2D eigenvalue weighted by molar-refractivity contribution is -0.136. The minimum absolute atomic E-state index is 0. The van der Waals surface area contributed by atoms with Crippen LogP contribution in [0.25, 0.3) is 0 Å². The molecule has 0 aliphatic carbocycles. The number of carbonyl (C=O) groups excluding carboxylic acids is 1. The van der Waals surface area contributed by atoms with E-state index in [4.69, 9.17) is 15.2 Å². The van der Waals surface area contributed by atoms with E-state index in [0.29, 0.717) is 38.1 Å². The van der Waals surface area contributed by atoms with E-state index in [1.54, 1.807) is 0 Å². The maximum Gasteiger partial charge on any atom is 0.227 e. The Hall–Kier alpha value is -0.360. The van der Waals surface area contributed by atoms with E-state index in [1.165, 1.54) is 0 Å². The van der Waals surface area contributed by atoms with Crippen LogP contribution in [0, 0.1) is 17.3 Å². The minimum Gasteiger partial charge on any atom is -0.381 e. The Morgan fingerprint density at radius 3 is 2.59 bits per heavy atom. The van der Waals surface area contributed by atoms with Crippen molar-refractivity contribution in [1.29, 1.82) is 0 Å². The number of rotatable bonds is 5. The van der Waals surface area contributed by atoms with Crippen molar-refractivity contribution in [3.05, 3.63) is 0 Å². The first kappa shape index (κ1) is 19.7. The summed E-state index contributed by atoms with van der Waals surface area (Å²) < 4.78 is 11.2. The van der Waals surface area contributed by atoms with E-state index in [0.717, 1.165) is 32.3 Å². The van der Waals surface area contributed by atoms with Crippen LogP contribution in [0.1, 0.15) is 39.5 Å². The van der Waals surface area contributed by atoms with Crippen molar-refractivity contribution in [1.82, 2.24) is 5.32 Å². The van der Waals surface area contributed by atoms with E-state index >= 15 is 0 Å². The molecule has 2 aliphatic heterocycles. The number of carbonyl (C=O) groups is 1. The third kappa shape index (κ3) is 4.57. The van der Waals surface area contributed by atoms with Crippen molar-refractivity contribution < 1.29 is 14.3 Å². The van der Waals surface area contributed by atoms with Crippen molar-refractivity contribution in [3.63, 3.8) is 0 Å². The lowest BCUT2D eigenvalue weighted by atomic mass is 9.79. The van der Waals surface area contributed by atoms with E-state index in [-0.39, 0.29) is 24.4 Å². The fourth-order valence-corrected chi connectivity index (χ4v) is 3.52. The molecule has 1 amide bonds. The minimum atomic E-state index is -0.429. The monoisotopic (exact) mass is 334 g/mol. The van der Waals surface area contributed by atoms with Gasteiger partial charge in [-0.3, -0.25) is 4.79 Å². The van der Waals surface area contributed by atoms with Crippen LogP contribution in [0.3, 0.4) is 0 Å². The van der Waals surface area contributed by atoms with Crippen molar-refractivity contribution in [3.8, 4) is 0 Å². The molecule has 2 rings (SSSR count). The summed E-state index contributed by atoms with van der Waals surface area (Å²) in [5, 5.41) is 3.14. The Morgan fingerprint density at radius 1 is 1.32 bits per heavy atom. The van der Waals surface area contributed by atoms with Gasteiger partial charge in [-0.05, 0) is 31.6 Å². The molecule has 0 aromatic heterocycles. The lowest BCUT2D eigenvalue weighted by Crippen LogP contribution is -2.51. The number of ether oxygens (including phenoxy) is 2. The SMILES string of the molecule is CC(C)C1OCCCC1CNC(=O)C1(CN)CCOCC1.Cl. The molecule has 130 valence electrons. The topological polar surface area (TPSA) is 73.6 Å². The highest BCUT2D eigenvalue weighted by Crippen LogP contribution is 2.30. The maximum absolute atomic E-state index is 12.6. The zero-order valence-corrected chi connectivity index (χ0v) is 14.6. The van der Waals surface area contributed by atoms with Gasteiger partial charge in [0.2, 0.25) is 5.91 Å². The molecule has 0 radical (unpaired) electrons. The molecule has 22 heavy (non-hydrogen) atoms. The maximum atomic E-state index is 12.6. The fourth-order valence-electron chi connectivity index (χ4n) is 3.52. The normalized spacial score (nSPS) is 28.0. The molecular formula is C16H31ClN2O3. The summed E-state index contributed by atoms with van der Waals surface area (Å²) in [5.41, 5.74) is 5.45. The molecule has 2 fully saturated rings. The molecule has 2 unspecified atom stereocenters. The Labute approximate surface area is 140 Å². The second-order valence-corrected chi connectivity index (χ2v) is 6.79. The van der Waals surface area contributed by atoms with Crippen LogP contribution in [0.5, 0.6) is 0 Å². The van der Waals surface area contributed by atoms with E-state index < -0.39 is 5.41 Å². The first-order chi connectivity index (χ1) is 10.1. The summed E-state index contributed by atoms with van der Waals surface area (Å²) in [4.78, 5) is 12.6. The van der Waals surface area contributed by atoms with Gasteiger partial charge in [0.05, 0.1) is 11.5 Å². The quantitative estimate of drug-likeness (QED) is 0.803. The van der Waals surface area contributed by atoms with Gasteiger partial charge in [0.25, 0.3) is 0 Å². The first-order valence-corrected chi connectivity index (χ1v) is 8.27. The zero-order valence-electron chi connectivity index (χ0n) is 13.8. The molecule has 2 heterocycles. The zero-order chi connectivity index (χ0) is 15.3. The standard InChI is InChI=1S/C16H30N2O3.ClH/c1-12(2)14-13(4-3-7-21-14)10-18-15(19)16(11-17)5-8-20-9-6-16;/h12-14H,3-11,17H2,1-2H3,(H,18,19);1H. The second-order valence-electron chi connectivity index (χ2n) is 6.79. The molecule has 0 bridgehead atoms. The molecular weight excluding hydrogens is 304 g/mol. The number of amides is 1. The Bertz CT molecular complexity index is 346. The Kier molecular flexibility index (Phi) is 8.11. The van der Waals surface area contributed by atoms with Gasteiger partial charge in [-0.15, -0.1) is 12.4 Å². The average molecular weight is 335 g/mol. The predicted octanol–water partition coefficient (Wildman–Crippen LogP) is 1.73. The van der Waals surface area contributed by atoms with E-state index in [2.05, 4.69) is 19.2 Å². The summed E-state index contributed by atoms with van der Waals surface area (Å²) in [6, 6.07) is 0. The number of hydrogen-bond donors (Lipinski definition) is 2. The first-order valence-electron chi connectivity index (χ1n) is 8.27. The van der Waals surface area contributed by atoms with E-state index in [9.17, 15) is 4.79 Å². The van der Waals surface area contributed by atoms with Gasteiger partial charge < -0.3 is 20.5 Å². The van der Waals surface area contributed by atoms with Crippen molar-refractivity contribution in [2.24, 2.45) is 23.0 Å².